The van der Waals surface area contributed by atoms with E-state index in [0.29, 0.717) is 13.0 Å². The van der Waals surface area contributed by atoms with Gasteiger partial charge in [0.1, 0.15) is 0 Å². The van der Waals surface area contributed by atoms with Crippen molar-refractivity contribution in [1.82, 2.24) is 9.71 Å². The molecule has 7 heteroatoms. The van der Waals surface area contributed by atoms with Crippen molar-refractivity contribution in [3.8, 4) is 0 Å². The van der Waals surface area contributed by atoms with Crippen LogP contribution >= 0.6 is 0 Å². The number of ether oxygens (including phenoxy) is 2. The average molecular weight is 300 g/mol. The lowest BCUT2D eigenvalue weighted by Crippen LogP contribution is -2.36. The highest BCUT2D eigenvalue weighted by atomic mass is 32.2. The summed E-state index contributed by atoms with van der Waals surface area (Å²) in [7, 11) is -3.33. The summed E-state index contributed by atoms with van der Waals surface area (Å²) in [5.74, 6) is -0.620. The zero-order valence-electron chi connectivity index (χ0n) is 11.7. The van der Waals surface area contributed by atoms with Gasteiger partial charge in [0.2, 0.25) is 10.0 Å². The zero-order valence-corrected chi connectivity index (χ0v) is 12.5. The maximum absolute atomic E-state index is 11.9. The standard InChI is InChI=1S/C13H20N2O4S/c1-13(2)18-10-12(19-13)9-15-20(16,17)8-6-11-5-3-4-7-14-11/h3-5,7,12,15H,6,8-10H2,1-2H3. The van der Waals surface area contributed by atoms with Gasteiger partial charge < -0.3 is 9.47 Å². The number of hydrogen-bond donors (Lipinski definition) is 1. The van der Waals surface area contributed by atoms with Crippen molar-refractivity contribution in [3.05, 3.63) is 30.1 Å². The monoisotopic (exact) mass is 300 g/mol. The Balaban J connectivity index is 1.77. The first-order valence-corrected chi connectivity index (χ1v) is 8.21. The van der Waals surface area contributed by atoms with Gasteiger partial charge in [-0.2, -0.15) is 0 Å². The van der Waals surface area contributed by atoms with E-state index in [1.54, 1.807) is 12.3 Å². The van der Waals surface area contributed by atoms with Gasteiger partial charge in [0.15, 0.2) is 5.79 Å². The highest BCUT2D eigenvalue weighted by molar-refractivity contribution is 7.89. The number of rotatable bonds is 6. The van der Waals surface area contributed by atoms with Crippen LogP contribution < -0.4 is 4.72 Å². The summed E-state index contributed by atoms with van der Waals surface area (Å²) in [6.45, 7) is 4.24. The molecule has 2 heterocycles. The Labute approximate surface area is 119 Å². The highest BCUT2D eigenvalue weighted by Crippen LogP contribution is 2.21. The summed E-state index contributed by atoms with van der Waals surface area (Å²) in [6.07, 6.45) is 1.81. The lowest BCUT2D eigenvalue weighted by molar-refractivity contribution is -0.137. The van der Waals surface area contributed by atoms with Crippen LogP contribution in [0.4, 0.5) is 0 Å². The normalized spacial score (nSPS) is 22.0. The minimum absolute atomic E-state index is 0.0149. The Morgan fingerprint density at radius 3 is 2.85 bits per heavy atom. The van der Waals surface area contributed by atoms with Gasteiger partial charge in [0.25, 0.3) is 0 Å². The molecule has 0 saturated carbocycles. The quantitative estimate of drug-likeness (QED) is 0.836. The topological polar surface area (TPSA) is 77.5 Å². The third-order valence-corrected chi connectivity index (χ3v) is 4.30. The Morgan fingerprint density at radius 2 is 2.25 bits per heavy atom. The number of nitrogens with one attached hydrogen (secondary N) is 1. The van der Waals surface area contributed by atoms with Gasteiger partial charge in [-0.25, -0.2) is 13.1 Å². The molecule has 20 heavy (non-hydrogen) atoms. The van der Waals surface area contributed by atoms with E-state index < -0.39 is 15.8 Å². The van der Waals surface area contributed by atoms with E-state index in [0.717, 1.165) is 5.69 Å². The molecule has 0 radical (unpaired) electrons. The molecule has 1 atom stereocenters. The Kier molecular flexibility index (Phi) is 4.74. The summed E-state index contributed by atoms with van der Waals surface area (Å²) in [5, 5.41) is 0. The fourth-order valence-electron chi connectivity index (χ4n) is 1.94. The average Bonchev–Trinajstić information content (AvgIpc) is 2.75. The van der Waals surface area contributed by atoms with Gasteiger partial charge in [-0.1, -0.05) is 6.07 Å². The molecule has 1 aromatic heterocycles. The zero-order chi connectivity index (χ0) is 14.6. The van der Waals surface area contributed by atoms with Gasteiger partial charge in [-0.15, -0.1) is 0 Å². The summed E-state index contributed by atoms with van der Waals surface area (Å²) < 4.78 is 37.2. The molecular weight excluding hydrogens is 280 g/mol. The lowest BCUT2D eigenvalue weighted by atomic mass is 10.3. The lowest BCUT2D eigenvalue weighted by Gasteiger charge is -2.17. The van der Waals surface area contributed by atoms with Crippen LogP contribution in [0.15, 0.2) is 24.4 Å². The Hall–Kier alpha value is -1.02. The van der Waals surface area contributed by atoms with Crippen molar-refractivity contribution in [2.24, 2.45) is 0 Å². The maximum Gasteiger partial charge on any atom is 0.212 e. The molecule has 1 aliphatic heterocycles. The summed E-state index contributed by atoms with van der Waals surface area (Å²) in [5.41, 5.74) is 0.763. The van der Waals surface area contributed by atoms with E-state index in [-0.39, 0.29) is 18.4 Å². The molecule has 1 fully saturated rings. The van der Waals surface area contributed by atoms with Crippen molar-refractivity contribution >= 4 is 10.0 Å². The van der Waals surface area contributed by atoms with Gasteiger partial charge in [0.05, 0.1) is 18.5 Å². The fraction of sp³-hybridized carbons (Fsp3) is 0.615. The van der Waals surface area contributed by atoms with E-state index in [4.69, 9.17) is 9.47 Å². The van der Waals surface area contributed by atoms with Crippen LogP contribution in [0.5, 0.6) is 0 Å². The van der Waals surface area contributed by atoms with Gasteiger partial charge in [-0.05, 0) is 26.0 Å². The first-order chi connectivity index (χ1) is 9.36. The highest BCUT2D eigenvalue weighted by Gasteiger charge is 2.33. The van der Waals surface area contributed by atoms with E-state index in [9.17, 15) is 8.42 Å². The molecule has 112 valence electrons. The number of pyridine rings is 1. The smallest absolute Gasteiger partial charge is 0.212 e. The minimum atomic E-state index is -3.33. The van der Waals surface area contributed by atoms with Crippen molar-refractivity contribution in [3.63, 3.8) is 0 Å². The Bertz CT molecular complexity index is 531. The van der Waals surface area contributed by atoms with E-state index in [1.165, 1.54) is 0 Å². The Morgan fingerprint density at radius 1 is 1.45 bits per heavy atom. The minimum Gasteiger partial charge on any atom is -0.348 e. The first-order valence-electron chi connectivity index (χ1n) is 6.55. The second kappa shape index (κ2) is 6.17. The molecule has 0 aliphatic carbocycles. The van der Waals surface area contributed by atoms with Gasteiger partial charge in [-0.3, -0.25) is 4.98 Å². The molecule has 0 spiro atoms. The van der Waals surface area contributed by atoms with Crippen LogP contribution in [-0.4, -0.2) is 44.2 Å². The molecule has 0 amide bonds. The van der Waals surface area contributed by atoms with Crippen molar-refractivity contribution in [1.29, 1.82) is 0 Å². The summed E-state index contributed by atoms with van der Waals surface area (Å²) in [6, 6.07) is 5.45. The number of hydrogen-bond acceptors (Lipinski definition) is 5. The van der Waals surface area contributed by atoms with Crippen molar-refractivity contribution in [2.75, 3.05) is 18.9 Å². The summed E-state index contributed by atoms with van der Waals surface area (Å²) >= 11 is 0. The molecule has 0 bridgehead atoms. The van der Waals surface area contributed by atoms with Crippen LogP contribution in [-0.2, 0) is 25.9 Å². The number of aromatic nitrogens is 1. The molecule has 1 saturated heterocycles. The molecule has 6 nitrogen and oxygen atoms in total. The third-order valence-electron chi connectivity index (χ3n) is 2.95. The first kappa shape index (κ1) is 15.4. The molecule has 1 N–H and O–H groups in total. The van der Waals surface area contributed by atoms with E-state index >= 15 is 0 Å². The van der Waals surface area contributed by atoms with Crippen LogP contribution in [0, 0.1) is 0 Å². The van der Waals surface area contributed by atoms with E-state index in [1.807, 2.05) is 26.0 Å². The number of nitrogens with zero attached hydrogens (tertiary/aromatic N) is 1. The van der Waals surface area contributed by atoms with Gasteiger partial charge in [0, 0.05) is 24.9 Å². The molecular formula is C13H20N2O4S. The molecule has 1 unspecified atom stereocenters. The van der Waals surface area contributed by atoms with Crippen LogP contribution in [0.1, 0.15) is 19.5 Å². The maximum atomic E-state index is 11.9. The molecule has 0 aromatic carbocycles. The predicted octanol–water partition coefficient (Wildman–Crippen LogP) is 0.695. The van der Waals surface area contributed by atoms with Crippen LogP contribution in [0.25, 0.3) is 0 Å². The fourth-order valence-corrected chi connectivity index (χ4v) is 3.00. The van der Waals surface area contributed by atoms with Crippen LogP contribution in [0.2, 0.25) is 0 Å². The predicted molar refractivity (Wildman–Crippen MR) is 74.6 cm³/mol. The number of aryl methyl sites for hydroxylation is 1. The second-order valence-corrected chi connectivity index (χ2v) is 7.12. The molecule has 1 aromatic rings. The second-order valence-electron chi connectivity index (χ2n) is 5.19. The number of sulfonamides is 1. The molecule has 1 aliphatic rings. The van der Waals surface area contributed by atoms with Crippen LogP contribution in [0.3, 0.4) is 0 Å². The third kappa shape index (κ3) is 4.82. The largest absolute Gasteiger partial charge is 0.348 e. The molecule has 2 rings (SSSR count). The van der Waals surface area contributed by atoms with Crippen molar-refractivity contribution < 1.29 is 17.9 Å². The SMILES string of the molecule is CC1(C)OCC(CNS(=O)(=O)CCc2ccccn2)O1. The summed E-state index contributed by atoms with van der Waals surface area (Å²) in [4.78, 5) is 4.10. The van der Waals surface area contributed by atoms with Gasteiger partial charge >= 0.3 is 0 Å². The van der Waals surface area contributed by atoms with E-state index in [2.05, 4.69) is 9.71 Å². The van der Waals surface area contributed by atoms with Crippen molar-refractivity contribution in [2.45, 2.75) is 32.2 Å².